The van der Waals surface area contributed by atoms with Crippen molar-refractivity contribution in [2.24, 2.45) is 11.8 Å². The lowest BCUT2D eigenvalue weighted by atomic mass is 9.67. The third-order valence-corrected chi connectivity index (χ3v) is 6.87. The number of aromatic nitrogens is 3. The van der Waals surface area contributed by atoms with Crippen LogP contribution in [0.2, 0.25) is 0 Å². The number of ketones is 1. The Morgan fingerprint density at radius 2 is 2.15 bits per heavy atom. The highest BCUT2D eigenvalue weighted by atomic mass is 16.1. The summed E-state index contributed by atoms with van der Waals surface area (Å²) in [7, 11) is 0. The Morgan fingerprint density at radius 3 is 2.91 bits per heavy atom. The first kappa shape index (κ1) is 20.8. The predicted molar refractivity (Wildman–Crippen MR) is 129 cm³/mol. The van der Waals surface area contributed by atoms with E-state index in [0.717, 1.165) is 46.5 Å². The van der Waals surface area contributed by atoms with Gasteiger partial charge in [0.1, 0.15) is 11.9 Å². The average molecular weight is 434 g/mol. The van der Waals surface area contributed by atoms with Crippen LogP contribution in [0.1, 0.15) is 30.7 Å². The molecule has 0 aliphatic heterocycles. The van der Waals surface area contributed by atoms with Gasteiger partial charge < -0.3 is 5.41 Å². The summed E-state index contributed by atoms with van der Waals surface area (Å²) in [6, 6.07) is 12.0. The molecule has 162 valence electrons. The third-order valence-electron chi connectivity index (χ3n) is 6.87. The monoisotopic (exact) mass is 433 g/mol. The predicted octanol–water partition coefficient (Wildman–Crippen LogP) is 5.09. The van der Waals surface area contributed by atoms with Gasteiger partial charge in [0.15, 0.2) is 5.78 Å². The van der Waals surface area contributed by atoms with Crippen molar-refractivity contribution in [3.05, 3.63) is 78.3 Å². The fraction of sp³-hybridized carbons (Fsp3) is 0.222. The number of nitrogens with zero attached hydrogens (tertiary/aromatic N) is 4. The summed E-state index contributed by atoms with van der Waals surface area (Å²) >= 11 is 0. The van der Waals surface area contributed by atoms with Crippen LogP contribution in [0.5, 0.6) is 0 Å². The molecular formula is C27H23N5O. The zero-order valence-electron chi connectivity index (χ0n) is 18.3. The summed E-state index contributed by atoms with van der Waals surface area (Å²) in [5, 5.41) is 18.6. The molecule has 33 heavy (non-hydrogen) atoms. The second-order valence-electron chi connectivity index (χ2n) is 8.52. The van der Waals surface area contributed by atoms with Crippen LogP contribution in [0.3, 0.4) is 0 Å². The molecule has 6 heteroatoms. The van der Waals surface area contributed by atoms with E-state index in [1.807, 2.05) is 41.8 Å². The van der Waals surface area contributed by atoms with E-state index in [0.29, 0.717) is 5.70 Å². The second kappa shape index (κ2) is 8.10. The number of hydrogen-bond donors (Lipinski definition) is 1. The van der Waals surface area contributed by atoms with Crippen LogP contribution in [0, 0.1) is 28.6 Å². The van der Waals surface area contributed by atoms with Gasteiger partial charge in [-0.1, -0.05) is 43.9 Å². The van der Waals surface area contributed by atoms with Gasteiger partial charge in [0, 0.05) is 40.9 Å². The number of carbonyl (C=O) groups is 1. The maximum Gasteiger partial charge on any atom is 0.176 e. The van der Waals surface area contributed by atoms with Gasteiger partial charge >= 0.3 is 0 Å². The van der Waals surface area contributed by atoms with Crippen molar-refractivity contribution in [1.29, 1.82) is 10.7 Å². The number of imidazole rings is 1. The smallest absolute Gasteiger partial charge is 0.176 e. The lowest BCUT2D eigenvalue weighted by Gasteiger charge is -2.36. The molecule has 2 heterocycles. The molecule has 2 aliphatic rings. The summed E-state index contributed by atoms with van der Waals surface area (Å²) < 4.78 is 2.03. The number of Topliss-reactive ketones (excluding diaryl/α,β-unsaturated/α-hetero) is 1. The van der Waals surface area contributed by atoms with E-state index in [1.54, 1.807) is 24.4 Å². The topological polar surface area (TPSA) is 95.4 Å². The van der Waals surface area contributed by atoms with Crippen molar-refractivity contribution in [2.45, 2.75) is 25.7 Å². The fourth-order valence-electron chi connectivity index (χ4n) is 5.28. The Balaban J connectivity index is 1.82. The number of rotatable bonds is 4. The molecule has 3 aromatic rings. The van der Waals surface area contributed by atoms with Crippen LogP contribution in [-0.4, -0.2) is 26.5 Å². The number of fused-ring (bicyclic) bond motifs is 4. The molecule has 3 unspecified atom stereocenters. The van der Waals surface area contributed by atoms with Crippen LogP contribution in [0.15, 0.2) is 66.9 Å². The highest BCUT2D eigenvalue weighted by Crippen LogP contribution is 2.47. The van der Waals surface area contributed by atoms with Crippen LogP contribution in [0.25, 0.3) is 28.0 Å². The summed E-state index contributed by atoms with van der Waals surface area (Å²) in [5.41, 5.74) is 4.57. The number of nitriles is 1. The highest BCUT2D eigenvalue weighted by Gasteiger charge is 2.42. The third kappa shape index (κ3) is 3.16. The van der Waals surface area contributed by atoms with Crippen LogP contribution in [0.4, 0.5) is 0 Å². The molecule has 3 atom stereocenters. The number of carbonyl (C=O) groups excluding carboxylic acids is 1. The summed E-state index contributed by atoms with van der Waals surface area (Å²) in [5.74, 6) is 0.435. The van der Waals surface area contributed by atoms with Crippen molar-refractivity contribution < 1.29 is 4.79 Å². The minimum absolute atomic E-state index is 0.0753. The lowest BCUT2D eigenvalue weighted by molar-refractivity contribution is -0.120. The van der Waals surface area contributed by atoms with E-state index in [4.69, 9.17) is 10.4 Å². The number of nitrogens with one attached hydrogen (secondary N) is 1. The molecule has 0 saturated carbocycles. The molecule has 0 fully saturated rings. The molecule has 0 spiro atoms. The normalized spacial score (nSPS) is 22.2. The van der Waals surface area contributed by atoms with Gasteiger partial charge in [-0.2, -0.15) is 5.26 Å². The molecule has 2 aromatic heterocycles. The van der Waals surface area contributed by atoms with Gasteiger partial charge in [-0.05, 0) is 37.0 Å². The zero-order chi connectivity index (χ0) is 23.1. The molecule has 1 aromatic carbocycles. The molecular weight excluding hydrogens is 410 g/mol. The molecule has 0 saturated heterocycles. The van der Waals surface area contributed by atoms with Gasteiger partial charge in [-0.25, -0.2) is 4.98 Å². The maximum atomic E-state index is 12.6. The highest BCUT2D eigenvalue weighted by molar-refractivity contribution is 6.04. The summed E-state index contributed by atoms with van der Waals surface area (Å²) in [6.07, 6.45) is 9.92. The van der Waals surface area contributed by atoms with Crippen molar-refractivity contribution >= 4 is 28.6 Å². The van der Waals surface area contributed by atoms with E-state index in [1.165, 1.54) is 6.21 Å². The number of hydrogen-bond acceptors (Lipinski definition) is 5. The second-order valence-corrected chi connectivity index (χ2v) is 8.52. The number of allylic oxidation sites excluding steroid dienone is 5. The number of benzene rings is 1. The van der Waals surface area contributed by atoms with Gasteiger partial charge in [-0.15, -0.1) is 0 Å². The van der Waals surface area contributed by atoms with Crippen LogP contribution >= 0.6 is 0 Å². The molecule has 1 N–H and O–H groups in total. The van der Waals surface area contributed by atoms with Gasteiger partial charge in [0.2, 0.25) is 0 Å². The Hall–Kier alpha value is -4.11. The summed E-state index contributed by atoms with van der Waals surface area (Å²) in [4.78, 5) is 22.2. The quantitative estimate of drug-likeness (QED) is 0.458. The number of para-hydroxylation sites is 1. The molecule has 0 radical (unpaired) electrons. The minimum atomic E-state index is -0.218. The Labute approximate surface area is 192 Å². The van der Waals surface area contributed by atoms with E-state index >= 15 is 0 Å². The molecule has 6 nitrogen and oxygen atoms in total. The molecule has 2 aliphatic carbocycles. The van der Waals surface area contributed by atoms with Crippen molar-refractivity contribution in [3.63, 3.8) is 0 Å². The Morgan fingerprint density at radius 1 is 1.33 bits per heavy atom. The molecule has 0 bridgehead atoms. The van der Waals surface area contributed by atoms with E-state index in [2.05, 4.69) is 17.6 Å². The molecule has 5 rings (SSSR count). The number of pyridine rings is 1. The first-order chi connectivity index (χ1) is 16.1. The first-order valence-electron chi connectivity index (χ1n) is 11.0. The first-order valence-corrected chi connectivity index (χ1v) is 11.0. The van der Waals surface area contributed by atoms with Gasteiger partial charge in [0.25, 0.3) is 0 Å². The van der Waals surface area contributed by atoms with Gasteiger partial charge in [0.05, 0.1) is 22.5 Å². The zero-order valence-corrected chi connectivity index (χ0v) is 18.3. The van der Waals surface area contributed by atoms with Crippen molar-refractivity contribution in [2.75, 3.05) is 0 Å². The average Bonchev–Trinajstić information content (AvgIpc) is 3.23. The van der Waals surface area contributed by atoms with E-state index in [9.17, 15) is 10.1 Å². The van der Waals surface area contributed by atoms with Crippen LogP contribution < -0.4 is 0 Å². The van der Waals surface area contributed by atoms with Crippen molar-refractivity contribution in [1.82, 2.24) is 14.5 Å². The Kier molecular flexibility index (Phi) is 5.10. The van der Waals surface area contributed by atoms with Crippen molar-refractivity contribution in [3.8, 4) is 17.5 Å². The van der Waals surface area contributed by atoms with E-state index in [-0.39, 0.29) is 29.1 Å². The van der Waals surface area contributed by atoms with Gasteiger partial charge in [-0.3, -0.25) is 14.3 Å². The Bertz CT molecular complexity index is 1410. The van der Waals surface area contributed by atoms with E-state index < -0.39 is 0 Å². The maximum absolute atomic E-state index is 12.6. The standard InChI is InChI=1S/C27H23N5O/c1-3-6-18(15-29)32-24-10-9-19-16(2)26(33)17(14-28)13-22(19)25(24)31-27(32)21-11-12-30-23-8-5-4-7-20(21)23/h3-8,11-13,15-16,19,22,29H,1,9-10H2,2H3/b18-6+,29-15?. The fourth-order valence-corrected chi connectivity index (χ4v) is 5.28. The largest absolute Gasteiger partial charge is 0.307 e. The SMILES string of the molecule is C=C/C=C(\C=N)n1c(-c2ccnc3ccccc23)nc2c1CCC1C(C)C(=O)C(C#N)=CC21. The van der Waals surface area contributed by atoms with Crippen LogP contribution in [-0.2, 0) is 11.2 Å². The minimum Gasteiger partial charge on any atom is -0.307 e. The molecule has 0 amide bonds. The summed E-state index contributed by atoms with van der Waals surface area (Å²) in [6.45, 7) is 5.74. The lowest BCUT2D eigenvalue weighted by Crippen LogP contribution is -2.34.